The number of aryl methyl sites for hydroxylation is 1. The van der Waals surface area contributed by atoms with Crippen LogP contribution in [0.2, 0.25) is 0 Å². The summed E-state index contributed by atoms with van der Waals surface area (Å²) in [5.41, 5.74) is 0.480. The second-order valence-corrected chi connectivity index (χ2v) is 5.10. The zero-order valence-electron chi connectivity index (χ0n) is 9.08. The second kappa shape index (κ2) is 5.47. The molecule has 0 aromatic carbocycles. The van der Waals surface area contributed by atoms with Crippen LogP contribution in [-0.2, 0) is 0 Å². The Balaban J connectivity index is 2.62. The maximum atomic E-state index is 11.7. The third-order valence-corrected chi connectivity index (χ3v) is 3.25. The number of alkyl halides is 1. The SMILES string of the molecule is Cc1nc(C(=O)NC(CCl)C(C)C)cs1. The Labute approximate surface area is 98.9 Å². The maximum absolute atomic E-state index is 11.7. The van der Waals surface area contributed by atoms with E-state index < -0.39 is 0 Å². The predicted octanol–water partition coefficient (Wildman–Crippen LogP) is 2.44. The molecule has 1 aromatic rings. The van der Waals surface area contributed by atoms with E-state index in [4.69, 9.17) is 11.6 Å². The highest BCUT2D eigenvalue weighted by Gasteiger charge is 2.17. The molecule has 1 rings (SSSR count). The molecule has 0 bridgehead atoms. The molecule has 84 valence electrons. The first kappa shape index (κ1) is 12.5. The van der Waals surface area contributed by atoms with Gasteiger partial charge in [-0.1, -0.05) is 13.8 Å². The van der Waals surface area contributed by atoms with Crippen molar-refractivity contribution < 1.29 is 4.79 Å². The lowest BCUT2D eigenvalue weighted by molar-refractivity contribution is 0.0926. The van der Waals surface area contributed by atoms with Crippen molar-refractivity contribution in [3.05, 3.63) is 16.1 Å². The van der Waals surface area contributed by atoms with E-state index in [1.54, 1.807) is 5.38 Å². The van der Waals surface area contributed by atoms with Crippen molar-refractivity contribution in [2.24, 2.45) is 5.92 Å². The first-order valence-electron chi connectivity index (χ1n) is 4.83. The van der Waals surface area contributed by atoms with Gasteiger partial charge in [-0.25, -0.2) is 4.98 Å². The smallest absolute Gasteiger partial charge is 0.271 e. The van der Waals surface area contributed by atoms with Crippen molar-refractivity contribution in [3.63, 3.8) is 0 Å². The molecule has 0 radical (unpaired) electrons. The van der Waals surface area contributed by atoms with Gasteiger partial charge >= 0.3 is 0 Å². The zero-order chi connectivity index (χ0) is 11.4. The van der Waals surface area contributed by atoms with Gasteiger partial charge in [0.05, 0.1) is 5.01 Å². The fraction of sp³-hybridized carbons (Fsp3) is 0.600. The Morgan fingerprint density at radius 2 is 2.33 bits per heavy atom. The quantitative estimate of drug-likeness (QED) is 0.830. The molecule has 1 amide bonds. The summed E-state index contributed by atoms with van der Waals surface area (Å²) in [6.45, 7) is 5.93. The molecule has 3 nitrogen and oxygen atoms in total. The summed E-state index contributed by atoms with van der Waals surface area (Å²) in [5, 5.41) is 5.52. The van der Waals surface area contributed by atoms with Crippen LogP contribution in [0.5, 0.6) is 0 Å². The van der Waals surface area contributed by atoms with Crippen molar-refractivity contribution in [1.82, 2.24) is 10.3 Å². The van der Waals surface area contributed by atoms with E-state index in [-0.39, 0.29) is 11.9 Å². The van der Waals surface area contributed by atoms with E-state index in [0.29, 0.717) is 17.5 Å². The van der Waals surface area contributed by atoms with Gasteiger partial charge in [-0.05, 0) is 12.8 Å². The third-order valence-electron chi connectivity index (χ3n) is 2.14. The van der Waals surface area contributed by atoms with Gasteiger partial charge in [0.2, 0.25) is 0 Å². The van der Waals surface area contributed by atoms with Crippen molar-refractivity contribution in [3.8, 4) is 0 Å². The van der Waals surface area contributed by atoms with Gasteiger partial charge < -0.3 is 5.32 Å². The third kappa shape index (κ3) is 3.47. The lowest BCUT2D eigenvalue weighted by atomic mass is 10.1. The number of carbonyl (C=O) groups excluding carboxylic acids is 1. The van der Waals surface area contributed by atoms with E-state index in [2.05, 4.69) is 10.3 Å². The summed E-state index contributed by atoms with van der Waals surface area (Å²) in [6, 6.07) is 0.00109. The lowest BCUT2D eigenvalue weighted by Crippen LogP contribution is -2.40. The Hall–Kier alpha value is -0.610. The van der Waals surface area contributed by atoms with Crippen molar-refractivity contribution in [2.75, 3.05) is 5.88 Å². The van der Waals surface area contributed by atoms with Crippen LogP contribution in [0.4, 0.5) is 0 Å². The van der Waals surface area contributed by atoms with Crippen LogP contribution < -0.4 is 5.32 Å². The number of hydrogen-bond donors (Lipinski definition) is 1. The number of halogens is 1. The standard InChI is InChI=1S/C10H15ClN2OS/c1-6(2)8(4-11)13-10(14)9-5-15-7(3)12-9/h5-6,8H,4H2,1-3H3,(H,13,14). The van der Waals surface area contributed by atoms with Crippen LogP contribution in [0.25, 0.3) is 0 Å². The Kier molecular flexibility index (Phi) is 4.54. The molecule has 5 heteroatoms. The molecule has 0 saturated carbocycles. The normalized spacial score (nSPS) is 12.9. The average Bonchev–Trinajstić information content (AvgIpc) is 2.60. The van der Waals surface area contributed by atoms with Crippen LogP contribution in [-0.4, -0.2) is 22.8 Å². The first-order valence-corrected chi connectivity index (χ1v) is 6.25. The summed E-state index contributed by atoms with van der Waals surface area (Å²) in [7, 11) is 0. The Morgan fingerprint density at radius 1 is 1.67 bits per heavy atom. The molecule has 1 aromatic heterocycles. The van der Waals surface area contributed by atoms with Crippen LogP contribution in [0.15, 0.2) is 5.38 Å². The minimum atomic E-state index is -0.140. The molecule has 1 heterocycles. The molecule has 0 aliphatic heterocycles. The summed E-state index contributed by atoms with van der Waals surface area (Å²) in [4.78, 5) is 15.8. The monoisotopic (exact) mass is 246 g/mol. The Morgan fingerprint density at radius 3 is 2.73 bits per heavy atom. The summed E-state index contributed by atoms with van der Waals surface area (Å²) >= 11 is 7.24. The highest BCUT2D eigenvalue weighted by molar-refractivity contribution is 7.09. The molecule has 0 spiro atoms. The number of thiazole rings is 1. The van der Waals surface area contributed by atoms with E-state index in [1.165, 1.54) is 11.3 Å². The van der Waals surface area contributed by atoms with Crippen molar-refractivity contribution in [2.45, 2.75) is 26.8 Å². The fourth-order valence-corrected chi connectivity index (χ4v) is 2.12. The highest BCUT2D eigenvalue weighted by atomic mass is 35.5. The topological polar surface area (TPSA) is 42.0 Å². The summed E-state index contributed by atoms with van der Waals surface area (Å²) in [5.74, 6) is 0.608. The number of nitrogens with zero attached hydrogens (tertiary/aromatic N) is 1. The van der Waals surface area contributed by atoms with Gasteiger partial charge in [0, 0.05) is 17.3 Å². The molecule has 1 unspecified atom stereocenters. The van der Waals surface area contributed by atoms with Crippen molar-refractivity contribution in [1.29, 1.82) is 0 Å². The number of aromatic nitrogens is 1. The van der Waals surface area contributed by atoms with Crippen LogP contribution >= 0.6 is 22.9 Å². The maximum Gasteiger partial charge on any atom is 0.271 e. The minimum absolute atomic E-state index is 0.00109. The largest absolute Gasteiger partial charge is 0.346 e. The van der Waals surface area contributed by atoms with Gasteiger partial charge in [0.15, 0.2) is 0 Å². The van der Waals surface area contributed by atoms with Gasteiger partial charge in [-0.15, -0.1) is 22.9 Å². The lowest BCUT2D eigenvalue weighted by Gasteiger charge is -2.18. The molecule has 0 saturated heterocycles. The van der Waals surface area contributed by atoms with E-state index in [1.807, 2.05) is 20.8 Å². The Bertz CT molecular complexity index is 338. The molecule has 1 atom stereocenters. The summed E-state index contributed by atoms with van der Waals surface area (Å²) in [6.07, 6.45) is 0. The average molecular weight is 247 g/mol. The first-order chi connectivity index (χ1) is 7.04. The van der Waals surface area contributed by atoms with Crippen molar-refractivity contribution >= 4 is 28.8 Å². The zero-order valence-corrected chi connectivity index (χ0v) is 10.7. The van der Waals surface area contributed by atoms with Gasteiger partial charge in [0.25, 0.3) is 5.91 Å². The second-order valence-electron chi connectivity index (χ2n) is 3.73. The van der Waals surface area contributed by atoms with E-state index >= 15 is 0 Å². The predicted molar refractivity (Wildman–Crippen MR) is 63.7 cm³/mol. The van der Waals surface area contributed by atoms with Gasteiger partial charge in [-0.3, -0.25) is 4.79 Å². The van der Waals surface area contributed by atoms with Crippen LogP contribution in [0, 0.1) is 12.8 Å². The highest BCUT2D eigenvalue weighted by Crippen LogP contribution is 2.09. The minimum Gasteiger partial charge on any atom is -0.346 e. The number of nitrogens with one attached hydrogen (secondary N) is 1. The van der Waals surface area contributed by atoms with Gasteiger partial charge in [-0.2, -0.15) is 0 Å². The summed E-state index contributed by atoms with van der Waals surface area (Å²) < 4.78 is 0. The molecule has 15 heavy (non-hydrogen) atoms. The fourth-order valence-electron chi connectivity index (χ4n) is 1.09. The molecular formula is C10H15ClN2OS. The van der Waals surface area contributed by atoms with Crippen LogP contribution in [0.1, 0.15) is 29.3 Å². The number of carbonyl (C=O) groups is 1. The molecule has 0 aliphatic carbocycles. The molecular weight excluding hydrogens is 232 g/mol. The molecule has 0 aliphatic rings. The van der Waals surface area contributed by atoms with E-state index in [9.17, 15) is 4.79 Å². The number of hydrogen-bond acceptors (Lipinski definition) is 3. The number of rotatable bonds is 4. The number of amides is 1. The van der Waals surface area contributed by atoms with Crippen LogP contribution in [0.3, 0.4) is 0 Å². The van der Waals surface area contributed by atoms with Gasteiger partial charge in [0.1, 0.15) is 5.69 Å². The molecule has 1 N–H and O–H groups in total. The molecule has 0 fully saturated rings. The van der Waals surface area contributed by atoms with E-state index in [0.717, 1.165) is 5.01 Å².